The van der Waals surface area contributed by atoms with Crippen LogP contribution in [0.25, 0.3) is 0 Å². The maximum absolute atomic E-state index is 12.8. The van der Waals surface area contributed by atoms with Gasteiger partial charge in [0.25, 0.3) is 0 Å². The summed E-state index contributed by atoms with van der Waals surface area (Å²) in [5, 5.41) is 9.43. The van der Waals surface area contributed by atoms with Crippen molar-refractivity contribution in [2.75, 3.05) is 13.1 Å². The zero-order chi connectivity index (χ0) is 14.9. The van der Waals surface area contributed by atoms with E-state index in [2.05, 4.69) is 6.92 Å². The number of aryl methyl sites for hydroxylation is 2. The lowest BCUT2D eigenvalue weighted by atomic mass is 10.0. The van der Waals surface area contributed by atoms with Gasteiger partial charge in [0.15, 0.2) is 0 Å². The summed E-state index contributed by atoms with van der Waals surface area (Å²) in [6.07, 6.45) is 2.82. The largest absolute Gasteiger partial charge is 0.465 e. The highest BCUT2D eigenvalue weighted by Crippen LogP contribution is 2.31. The van der Waals surface area contributed by atoms with Crippen LogP contribution in [0.4, 0.5) is 0 Å². The van der Waals surface area contributed by atoms with E-state index >= 15 is 0 Å². The van der Waals surface area contributed by atoms with Crippen LogP contribution in [0.5, 0.6) is 0 Å². The molecule has 1 saturated heterocycles. The molecule has 1 aromatic rings. The summed E-state index contributed by atoms with van der Waals surface area (Å²) in [7, 11) is -3.58. The van der Waals surface area contributed by atoms with Gasteiger partial charge in [-0.15, -0.1) is 0 Å². The van der Waals surface area contributed by atoms with Gasteiger partial charge in [0.1, 0.15) is 16.4 Å². The van der Waals surface area contributed by atoms with E-state index in [-0.39, 0.29) is 11.5 Å². The molecule has 0 aromatic carbocycles. The highest BCUT2D eigenvalue weighted by atomic mass is 32.2. The van der Waals surface area contributed by atoms with Gasteiger partial charge < -0.3 is 9.52 Å². The number of aliphatic hydroxyl groups excluding tert-OH is 1. The molecule has 114 valence electrons. The Morgan fingerprint density at radius 1 is 1.25 bits per heavy atom. The molecule has 2 rings (SSSR count). The molecule has 1 fully saturated rings. The lowest BCUT2D eigenvalue weighted by molar-refractivity contribution is 0.276. The van der Waals surface area contributed by atoms with Crippen LogP contribution >= 0.6 is 0 Å². The van der Waals surface area contributed by atoms with Crippen molar-refractivity contribution in [1.29, 1.82) is 0 Å². The van der Waals surface area contributed by atoms with Crippen LogP contribution in [0.3, 0.4) is 0 Å². The predicted octanol–water partition coefficient (Wildman–Crippen LogP) is 2.20. The van der Waals surface area contributed by atoms with E-state index in [0.717, 1.165) is 19.3 Å². The van der Waals surface area contributed by atoms with Crippen LogP contribution in [0.1, 0.15) is 43.3 Å². The number of nitrogens with zero attached hydrogens (tertiary/aromatic N) is 1. The van der Waals surface area contributed by atoms with E-state index in [0.29, 0.717) is 36.1 Å². The van der Waals surface area contributed by atoms with Gasteiger partial charge in [-0.2, -0.15) is 4.31 Å². The van der Waals surface area contributed by atoms with Gasteiger partial charge in [-0.1, -0.05) is 6.92 Å². The third kappa shape index (κ3) is 2.77. The number of aliphatic hydroxyl groups is 1. The van der Waals surface area contributed by atoms with Crippen molar-refractivity contribution < 1.29 is 17.9 Å². The maximum Gasteiger partial charge on any atom is 0.246 e. The van der Waals surface area contributed by atoms with E-state index in [1.807, 2.05) is 0 Å². The fraction of sp³-hybridized carbons (Fsp3) is 0.714. The molecule has 1 unspecified atom stereocenters. The number of furan rings is 1. The van der Waals surface area contributed by atoms with Crippen LogP contribution in [-0.4, -0.2) is 30.9 Å². The van der Waals surface area contributed by atoms with Crippen molar-refractivity contribution in [1.82, 2.24) is 4.31 Å². The first-order chi connectivity index (χ1) is 9.37. The van der Waals surface area contributed by atoms with Gasteiger partial charge in [-0.05, 0) is 39.0 Å². The summed E-state index contributed by atoms with van der Waals surface area (Å²) in [5.41, 5.74) is 0.389. The second kappa shape index (κ2) is 5.87. The average Bonchev–Trinajstić information content (AvgIpc) is 2.54. The lowest BCUT2D eigenvalue weighted by Crippen LogP contribution is -2.32. The van der Waals surface area contributed by atoms with Crippen molar-refractivity contribution in [3.63, 3.8) is 0 Å². The highest BCUT2D eigenvalue weighted by molar-refractivity contribution is 7.89. The molecule has 1 aliphatic rings. The normalized spacial score (nSPS) is 21.9. The molecule has 1 aliphatic heterocycles. The molecule has 0 aliphatic carbocycles. The molecule has 20 heavy (non-hydrogen) atoms. The minimum absolute atomic E-state index is 0.159. The summed E-state index contributed by atoms with van der Waals surface area (Å²) in [6, 6.07) is 0. The molecule has 5 nitrogen and oxygen atoms in total. The monoisotopic (exact) mass is 301 g/mol. The lowest BCUT2D eigenvalue weighted by Gasteiger charge is -2.20. The minimum Gasteiger partial charge on any atom is -0.465 e. The first kappa shape index (κ1) is 15.5. The van der Waals surface area contributed by atoms with Crippen LogP contribution in [0.2, 0.25) is 0 Å². The summed E-state index contributed by atoms with van der Waals surface area (Å²) < 4.78 is 32.6. The Bertz CT molecular complexity index is 576. The third-order valence-electron chi connectivity index (χ3n) is 4.06. The Kier molecular flexibility index (Phi) is 4.56. The predicted molar refractivity (Wildman–Crippen MR) is 75.9 cm³/mol. The molecule has 1 N–H and O–H groups in total. The molecule has 0 amide bonds. The summed E-state index contributed by atoms with van der Waals surface area (Å²) in [6.45, 7) is 6.24. The second-order valence-electron chi connectivity index (χ2n) is 5.62. The molecule has 0 saturated carbocycles. The fourth-order valence-corrected chi connectivity index (χ4v) is 4.73. The topological polar surface area (TPSA) is 70.8 Å². The SMILES string of the molecule is Cc1oc(C)c(S(=O)(=O)N2CCCC(C)CC2)c1CO. The van der Waals surface area contributed by atoms with Gasteiger partial charge in [0.2, 0.25) is 10.0 Å². The van der Waals surface area contributed by atoms with Gasteiger partial charge in [-0.3, -0.25) is 0 Å². The fourth-order valence-electron chi connectivity index (χ4n) is 2.84. The van der Waals surface area contributed by atoms with Crippen molar-refractivity contribution in [2.45, 2.75) is 51.5 Å². The minimum atomic E-state index is -3.58. The average molecular weight is 301 g/mol. The molecule has 0 bridgehead atoms. The van der Waals surface area contributed by atoms with E-state index in [1.165, 1.54) is 4.31 Å². The van der Waals surface area contributed by atoms with E-state index in [9.17, 15) is 13.5 Å². The molecule has 1 aromatic heterocycles. The molecular weight excluding hydrogens is 278 g/mol. The number of hydrogen-bond donors (Lipinski definition) is 1. The number of sulfonamides is 1. The molecule has 0 spiro atoms. The first-order valence-corrected chi connectivity index (χ1v) is 8.51. The van der Waals surface area contributed by atoms with Crippen LogP contribution in [0.15, 0.2) is 9.31 Å². The molecule has 1 atom stereocenters. The Balaban J connectivity index is 2.40. The molecule has 6 heteroatoms. The summed E-state index contributed by atoms with van der Waals surface area (Å²) in [4.78, 5) is 0.159. The van der Waals surface area contributed by atoms with E-state index in [4.69, 9.17) is 4.42 Å². The zero-order valence-electron chi connectivity index (χ0n) is 12.3. The van der Waals surface area contributed by atoms with Gasteiger partial charge in [-0.25, -0.2) is 8.42 Å². The van der Waals surface area contributed by atoms with Crippen molar-refractivity contribution in [2.24, 2.45) is 5.92 Å². The Morgan fingerprint density at radius 2 is 1.95 bits per heavy atom. The van der Waals surface area contributed by atoms with Gasteiger partial charge in [0.05, 0.1) is 6.61 Å². The third-order valence-corrected chi connectivity index (χ3v) is 6.15. The van der Waals surface area contributed by atoms with Crippen molar-refractivity contribution >= 4 is 10.0 Å². The van der Waals surface area contributed by atoms with Crippen molar-refractivity contribution in [3.05, 3.63) is 17.1 Å². The number of rotatable bonds is 3. The summed E-state index contributed by atoms with van der Waals surface area (Å²) in [5.74, 6) is 1.40. The maximum atomic E-state index is 12.8. The van der Waals surface area contributed by atoms with Gasteiger partial charge in [0, 0.05) is 18.7 Å². The molecular formula is C14H23NO4S. The van der Waals surface area contributed by atoms with Crippen molar-refractivity contribution in [3.8, 4) is 0 Å². The van der Waals surface area contributed by atoms with Crippen LogP contribution < -0.4 is 0 Å². The first-order valence-electron chi connectivity index (χ1n) is 7.07. The van der Waals surface area contributed by atoms with E-state index in [1.54, 1.807) is 13.8 Å². The van der Waals surface area contributed by atoms with E-state index < -0.39 is 10.0 Å². The Labute approximate surface area is 120 Å². The number of hydrogen-bond acceptors (Lipinski definition) is 4. The van der Waals surface area contributed by atoms with Crippen LogP contribution in [-0.2, 0) is 16.6 Å². The Hall–Kier alpha value is -0.850. The molecule has 0 radical (unpaired) electrons. The Morgan fingerprint density at radius 3 is 2.60 bits per heavy atom. The van der Waals surface area contributed by atoms with Gasteiger partial charge >= 0.3 is 0 Å². The zero-order valence-corrected chi connectivity index (χ0v) is 13.2. The quantitative estimate of drug-likeness (QED) is 0.929. The highest BCUT2D eigenvalue weighted by Gasteiger charge is 2.33. The standard InChI is InChI=1S/C14H23NO4S/c1-10-5-4-7-15(8-6-10)20(17,18)14-12(3)19-11(2)13(14)9-16/h10,16H,4-9H2,1-3H3. The summed E-state index contributed by atoms with van der Waals surface area (Å²) >= 11 is 0. The van der Waals surface area contributed by atoms with Crippen LogP contribution in [0, 0.1) is 19.8 Å². The smallest absolute Gasteiger partial charge is 0.246 e. The molecule has 2 heterocycles. The second-order valence-corrected chi connectivity index (χ2v) is 7.50.